The van der Waals surface area contributed by atoms with Crippen LogP contribution >= 0.6 is 15.9 Å². The van der Waals surface area contributed by atoms with Crippen molar-refractivity contribution in [3.8, 4) is 0 Å². The Kier molecular flexibility index (Phi) is 4.04. The Morgan fingerprint density at radius 2 is 2.33 bits per heavy atom. The van der Waals surface area contributed by atoms with Crippen LogP contribution in [-0.4, -0.2) is 23.2 Å². The number of pyridine rings is 1. The van der Waals surface area contributed by atoms with E-state index in [1.165, 1.54) is 0 Å². The number of hydrogen-bond donors (Lipinski definition) is 2. The number of hydrogen-bond acceptors (Lipinski definition) is 3. The standard InChI is InChI=1S/C8H11BrN2O/c9-8-3-2-7(6-11-8)10-4-1-5-12/h2-3,6,10,12H,1,4-5H2. The number of aliphatic hydroxyl groups is 1. The van der Waals surface area contributed by atoms with E-state index < -0.39 is 0 Å². The molecule has 0 aliphatic carbocycles. The number of rotatable bonds is 4. The molecule has 0 aromatic carbocycles. The van der Waals surface area contributed by atoms with Crippen molar-refractivity contribution in [1.82, 2.24) is 4.98 Å². The highest BCUT2D eigenvalue weighted by molar-refractivity contribution is 9.10. The first-order valence-corrected chi connectivity index (χ1v) is 4.58. The molecule has 0 unspecified atom stereocenters. The molecule has 0 aliphatic heterocycles. The number of nitrogens with one attached hydrogen (secondary N) is 1. The summed E-state index contributed by atoms with van der Waals surface area (Å²) in [6.07, 6.45) is 2.51. The molecule has 0 bridgehead atoms. The SMILES string of the molecule is OCCCNc1ccc(Br)nc1. The maximum atomic E-state index is 8.53. The van der Waals surface area contributed by atoms with Crippen molar-refractivity contribution < 1.29 is 5.11 Å². The minimum Gasteiger partial charge on any atom is -0.396 e. The van der Waals surface area contributed by atoms with Gasteiger partial charge in [-0.05, 0) is 34.5 Å². The molecule has 0 atom stereocenters. The van der Waals surface area contributed by atoms with Crippen LogP contribution in [0.3, 0.4) is 0 Å². The lowest BCUT2D eigenvalue weighted by molar-refractivity contribution is 0.292. The fraction of sp³-hybridized carbons (Fsp3) is 0.375. The van der Waals surface area contributed by atoms with Crippen LogP contribution in [0.15, 0.2) is 22.9 Å². The average molecular weight is 231 g/mol. The van der Waals surface area contributed by atoms with Gasteiger partial charge in [-0.25, -0.2) is 4.98 Å². The topological polar surface area (TPSA) is 45.1 Å². The number of aliphatic hydroxyl groups excluding tert-OH is 1. The molecule has 2 N–H and O–H groups in total. The van der Waals surface area contributed by atoms with E-state index in [9.17, 15) is 0 Å². The summed E-state index contributed by atoms with van der Waals surface area (Å²) in [4.78, 5) is 4.05. The van der Waals surface area contributed by atoms with Gasteiger partial charge in [0.2, 0.25) is 0 Å². The average Bonchev–Trinajstić information content (AvgIpc) is 2.09. The van der Waals surface area contributed by atoms with E-state index in [2.05, 4.69) is 26.2 Å². The highest BCUT2D eigenvalue weighted by atomic mass is 79.9. The summed E-state index contributed by atoms with van der Waals surface area (Å²) in [6.45, 7) is 0.997. The van der Waals surface area contributed by atoms with Gasteiger partial charge in [-0.1, -0.05) is 0 Å². The van der Waals surface area contributed by atoms with Crippen molar-refractivity contribution in [2.45, 2.75) is 6.42 Å². The van der Waals surface area contributed by atoms with Crippen molar-refractivity contribution in [1.29, 1.82) is 0 Å². The number of aromatic nitrogens is 1. The minimum absolute atomic E-state index is 0.219. The molecule has 1 aromatic heterocycles. The molecule has 1 rings (SSSR count). The van der Waals surface area contributed by atoms with Gasteiger partial charge in [-0.3, -0.25) is 0 Å². The van der Waals surface area contributed by atoms with Crippen molar-refractivity contribution in [2.24, 2.45) is 0 Å². The first kappa shape index (κ1) is 9.48. The number of nitrogens with zero attached hydrogens (tertiary/aromatic N) is 1. The molecular formula is C8H11BrN2O. The van der Waals surface area contributed by atoms with E-state index >= 15 is 0 Å². The van der Waals surface area contributed by atoms with Crippen LogP contribution < -0.4 is 5.32 Å². The predicted octanol–water partition coefficient (Wildman–Crippen LogP) is 1.64. The fourth-order valence-electron chi connectivity index (χ4n) is 0.792. The molecule has 0 saturated carbocycles. The molecule has 3 nitrogen and oxygen atoms in total. The van der Waals surface area contributed by atoms with Crippen molar-refractivity contribution >= 4 is 21.6 Å². The fourth-order valence-corrected chi connectivity index (χ4v) is 1.03. The number of halogens is 1. The Bertz CT molecular complexity index is 225. The monoisotopic (exact) mass is 230 g/mol. The van der Waals surface area contributed by atoms with Gasteiger partial charge in [0.1, 0.15) is 4.60 Å². The lowest BCUT2D eigenvalue weighted by atomic mass is 10.4. The van der Waals surface area contributed by atoms with Crippen molar-refractivity contribution in [3.63, 3.8) is 0 Å². The molecule has 66 valence electrons. The van der Waals surface area contributed by atoms with Gasteiger partial charge in [-0.2, -0.15) is 0 Å². The summed E-state index contributed by atoms with van der Waals surface area (Å²) >= 11 is 3.25. The first-order chi connectivity index (χ1) is 5.83. The summed E-state index contributed by atoms with van der Waals surface area (Å²) < 4.78 is 0.829. The van der Waals surface area contributed by atoms with Crippen molar-refractivity contribution in [2.75, 3.05) is 18.5 Å². The zero-order chi connectivity index (χ0) is 8.81. The van der Waals surface area contributed by atoms with Crippen LogP contribution in [0.2, 0.25) is 0 Å². The zero-order valence-electron chi connectivity index (χ0n) is 6.63. The highest BCUT2D eigenvalue weighted by Crippen LogP contribution is 2.09. The lowest BCUT2D eigenvalue weighted by Gasteiger charge is -2.03. The van der Waals surface area contributed by atoms with Gasteiger partial charge in [-0.15, -0.1) is 0 Å². The van der Waals surface area contributed by atoms with Gasteiger partial charge in [0.25, 0.3) is 0 Å². The second-order valence-corrected chi connectivity index (χ2v) is 3.19. The molecular weight excluding hydrogens is 220 g/mol. The summed E-state index contributed by atoms with van der Waals surface area (Å²) in [7, 11) is 0. The molecule has 1 heterocycles. The smallest absolute Gasteiger partial charge is 0.106 e. The quantitative estimate of drug-likeness (QED) is 0.611. The summed E-state index contributed by atoms with van der Waals surface area (Å²) in [6, 6.07) is 3.82. The van der Waals surface area contributed by atoms with Crippen LogP contribution in [-0.2, 0) is 0 Å². The van der Waals surface area contributed by atoms with E-state index in [0.29, 0.717) is 0 Å². The van der Waals surface area contributed by atoms with Gasteiger partial charge in [0.05, 0.1) is 11.9 Å². The molecule has 0 saturated heterocycles. The maximum absolute atomic E-state index is 8.53. The van der Waals surface area contributed by atoms with Crippen LogP contribution in [0.5, 0.6) is 0 Å². The second kappa shape index (κ2) is 5.11. The second-order valence-electron chi connectivity index (χ2n) is 2.37. The van der Waals surface area contributed by atoms with Crippen LogP contribution in [0.1, 0.15) is 6.42 Å². The van der Waals surface area contributed by atoms with Crippen LogP contribution in [0.25, 0.3) is 0 Å². The largest absolute Gasteiger partial charge is 0.396 e. The summed E-state index contributed by atoms with van der Waals surface area (Å²) in [5.74, 6) is 0. The number of anilines is 1. The molecule has 0 fully saturated rings. The highest BCUT2D eigenvalue weighted by Gasteiger charge is 1.91. The third kappa shape index (κ3) is 3.19. The van der Waals surface area contributed by atoms with Crippen LogP contribution in [0, 0.1) is 0 Å². The van der Waals surface area contributed by atoms with Gasteiger partial charge in [0.15, 0.2) is 0 Å². The lowest BCUT2D eigenvalue weighted by Crippen LogP contribution is -2.03. The Balaban J connectivity index is 2.37. The Labute approximate surface area is 80.0 Å². The van der Waals surface area contributed by atoms with Gasteiger partial charge in [0, 0.05) is 13.2 Å². The molecule has 0 spiro atoms. The Morgan fingerprint density at radius 1 is 1.50 bits per heavy atom. The predicted molar refractivity (Wildman–Crippen MR) is 52.1 cm³/mol. The van der Waals surface area contributed by atoms with E-state index in [1.807, 2.05) is 12.1 Å². The third-order valence-corrected chi connectivity index (χ3v) is 1.86. The van der Waals surface area contributed by atoms with E-state index in [1.54, 1.807) is 6.20 Å². The van der Waals surface area contributed by atoms with E-state index in [4.69, 9.17) is 5.11 Å². The summed E-state index contributed by atoms with van der Waals surface area (Å²) in [5, 5.41) is 11.7. The minimum atomic E-state index is 0.219. The normalized spacial score (nSPS) is 9.83. The molecule has 0 amide bonds. The van der Waals surface area contributed by atoms with Crippen LogP contribution in [0.4, 0.5) is 5.69 Å². The molecule has 12 heavy (non-hydrogen) atoms. The molecule has 0 radical (unpaired) electrons. The first-order valence-electron chi connectivity index (χ1n) is 3.79. The third-order valence-electron chi connectivity index (χ3n) is 1.39. The Hall–Kier alpha value is -0.610. The van der Waals surface area contributed by atoms with E-state index in [0.717, 1.165) is 23.3 Å². The summed E-state index contributed by atoms with van der Waals surface area (Å²) in [5.41, 5.74) is 0.978. The van der Waals surface area contributed by atoms with Gasteiger partial charge >= 0.3 is 0 Å². The molecule has 1 aromatic rings. The molecule has 0 aliphatic rings. The van der Waals surface area contributed by atoms with Crippen molar-refractivity contribution in [3.05, 3.63) is 22.9 Å². The molecule has 4 heteroatoms. The van der Waals surface area contributed by atoms with Gasteiger partial charge < -0.3 is 10.4 Å². The van der Waals surface area contributed by atoms with E-state index in [-0.39, 0.29) is 6.61 Å². The zero-order valence-corrected chi connectivity index (χ0v) is 8.21. The maximum Gasteiger partial charge on any atom is 0.106 e. The Morgan fingerprint density at radius 3 is 2.92 bits per heavy atom.